The van der Waals surface area contributed by atoms with Crippen molar-refractivity contribution in [3.8, 4) is 0 Å². The largest absolute Gasteiger partial charge is 0.379 e. The summed E-state index contributed by atoms with van der Waals surface area (Å²) in [5.74, 6) is -0.479. The second-order valence-electron chi connectivity index (χ2n) is 7.51. The van der Waals surface area contributed by atoms with Gasteiger partial charge in [-0.3, -0.25) is 4.79 Å². The second kappa shape index (κ2) is 9.60. The molecule has 0 radical (unpaired) electrons. The van der Waals surface area contributed by atoms with Crippen LogP contribution in [0.2, 0.25) is 5.02 Å². The van der Waals surface area contributed by atoms with Crippen LogP contribution in [0.1, 0.15) is 27.8 Å². The van der Waals surface area contributed by atoms with E-state index in [0.29, 0.717) is 24.6 Å². The van der Waals surface area contributed by atoms with Crippen LogP contribution in [0.5, 0.6) is 0 Å². The first-order chi connectivity index (χ1) is 15.8. The maximum Gasteiger partial charge on any atom is 0.253 e. The zero-order valence-corrected chi connectivity index (χ0v) is 19.3. The molecule has 1 aromatic heterocycles. The van der Waals surface area contributed by atoms with Gasteiger partial charge in [-0.2, -0.15) is 4.31 Å². The Hall–Kier alpha value is -2.79. The quantitative estimate of drug-likeness (QED) is 0.571. The molecule has 1 aliphatic rings. The third-order valence-corrected chi connectivity index (χ3v) is 7.61. The second-order valence-corrected chi connectivity index (χ2v) is 9.86. The van der Waals surface area contributed by atoms with Crippen LogP contribution < -0.4 is 5.32 Å². The normalized spacial score (nSPS) is 15.8. The summed E-state index contributed by atoms with van der Waals surface area (Å²) in [6.45, 7) is 1.09. The van der Waals surface area contributed by atoms with E-state index in [1.54, 1.807) is 36.1 Å². The molecule has 2 aromatic carbocycles. The van der Waals surface area contributed by atoms with E-state index < -0.39 is 27.8 Å². The van der Waals surface area contributed by atoms with Gasteiger partial charge in [-0.1, -0.05) is 23.7 Å². The molecule has 4 rings (SSSR count). The average Bonchev–Trinajstić information content (AvgIpc) is 3.24. The molecule has 0 aliphatic carbocycles. The summed E-state index contributed by atoms with van der Waals surface area (Å²) < 4.78 is 47.8. The Balaban J connectivity index is 1.67. The number of rotatable bonds is 6. The number of halogens is 2. The molecule has 1 aliphatic heterocycles. The summed E-state index contributed by atoms with van der Waals surface area (Å²) in [5, 5.41) is 2.96. The van der Waals surface area contributed by atoms with Crippen molar-refractivity contribution >= 4 is 27.5 Å². The molecule has 1 atom stereocenters. The van der Waals surface area contributed by atoms with Gasteiger partial charge >= 0.3 is 0 Å². The number of aromatic nitrogens is 2. The lowest BCUT2D eigenvalue weighted by Gasteiger charge is -2.26. The van der Waals surface area contributed by atoms with E-state index in [2.05, 4.69) is 10.3 Å². The minimum Gasteiger partial charge on any atom is -0.379 e. The number of sulfonamides is 1. The summed E-state index contributed by atoms with van der Waals surface area (Å²) in [4.78, 5) is 17.5. The first kappa shape index (κ1) is 23.4. The molecule has 1 N–H and O–H groups in total. The van der Waals surface area contributed by atoms with Gasteiger partial charge in [0.05, 0.1) is 28.7 Å². The average molecular weight is 493 g/mol. The number of nitrogens with zero attached hydrogens (tertiary/aromatic N) is 3. The number of amides is 1. The molecule has 1 unspecified atom stereocenters. The molecular weight excluding hydrogens is 471 g/mol. The molecule has 2 heterocycles. The fourth-order valence-electron chi connectivity index (χ4n) is 3.59. The number of morpholine rings is 1. The number of carbonyl (C=O) groups is 1. The molecule has 1 fully saturated rings. The Morgan fingerprint density at radius 2 is 1.88 bits per heavy atom. The number of nitrogens with one attached hydrogen (secondary N) is 1. The van der Waals surface area contributed by atoms with E-state index in [-0.39, 0.29) is 28.6 Å². The molecule has 174 valence electrons. The predicted octanol–water partition coefficient (Wildman–Crippen LogP) is 2.75. The number of ether oxygens (including phenoxy) is 1. The van der Waals surface area contributed by atoms with Gasteiger partial charge in [0.15, 0.2) is 0 Å². The third kappa shape index (κ3) is 4.93. The standard InChI is InChI=1S/C22H22ClFN4O4S/c1-27-9-8-25-21(27)20(15-2-4-16(24)5-3-15)26-22(29)18-14-17(6-7-19(18)23)33(30,31)28-10-12-32-13-11-28/h2-9,14,20H,10-13H2,1H3,(H,26,29). The Bertz CT molecular complexity index is 1260. The Morgan fingerprint density at radius 3 is 2.52 bits per heavy atom. The highest BCUT2D eigenvalue weighted by Gasteiger charge is 2.29. The lowest BCUT2D eigenvalue weighted by Crippen LogP contribution is -2.40. The van der Waals surface area contributed by atoms with Crippen LogP contribution >= 0.6 is 11.6 Å². The number of imidazole rings is 1. The van der Waals surface area contributed by atoms with Crippen LogP contribution in [0.3, 0.4) is 0 Å². The highest BCUT2D eigenvalue weighted by molar-refractivity contribution is 7.89. The van der Waals surface area contributed by atoms with Crippen LogP contribution in [-0.4, -0.2) is 54.5 Å². The van der Waals surface area contributed by atoms with Gasteiger partial charge < -0.3 is 14.6 Å². The Kier molecular flexibility index (Phi) is 6.80. The van der Waals surface area contributed by atoms with Crippen molar-refractivity contribution in [3.63, 3.8) is 0 Å². The van der Waals surface area contributed by atoms with E-state index in [1.807, 2.05) is 0 Å². The molecule has 0 saturated carbocycles. The molecule has 0 spiro atoms. The van der Waals surface area contributed by atoms with Crippen LogP contribution in [0.15, 0.2) is 59.8 Å². The SMILES string of the molecule is Cn1ccnc1C(NC(=O)c1cc(S(=O)(=O)N2CCOCC2)ccc1Cl)c1ccc(F)cc1. The molecule has 33 heavy (non-hydrogen) atoms. The predicted molar refractivity (Wildman–Crippen MR) is 120 cm³/mol. The van der Waals surface area contributed by atoms with Crippen molar-refractivity contribution in [2.45, 2.75) is 10.9 Å². The van der Waals surface area contributed by atoms with Crippen LogP contribution in [0.25, 0.3) is 0 Å². The zero-order chi connectivity index (χ0) is 23.6. The van der Waals surface area contributed by atoms with Gasteiger partial charge in [0.2, 0.25) is 10.0 Å². The summed E-state index contributed by atoms with van der Waals surface area (Å²) in [5.41, 5.74) is 0.611. The van der Waals surface area contributed by atoms with Gasteiger partial charge in [-0.25, -0.2) is 17.8 Å². The number of hydrogen-bond acceptors (Lipinski definition) is 5. The minimum absolute atomic E-state index is 0.00678. The lowest BCUT2D eigenvalue weighted by atomic mass is 10.1. The Labute approximate surface area is 196 Å². The van der Waals surface area contributed by atoms with E-state index in [9.17, 15) is 17.6 Å². The van der Waals surface area contributed by atoms with Crippen molar-refractivity contribution < 1.29 is 22.3 Å². The highest BCUT2D eigenvalue weighted by Crippen LogP contribution is 2.26. The van der Waals surface area contributed by atoms with Gasteiger partial charge in [-0.05, 0) is 35.9 Å². The van der Waals surface area contributed by atoms with Gasteiger partial charge in [0.1, 0.15) is 17.7 Å². The molecule has 1 saturated heterocycles. The fourth-order valence-corrected chi connectivity index (χ4v) is 5.23. The summed E-state index contributed by atoms with van der Waals surface area (Å²) in [6.07, 6.45) is 3.31. The van der Waals surface area contributed by atoms with E-state index >= 15 is 0 Å². The van der Waals surface area contributed by atoms with Crippen molar-refractivity contribution in [1.82, 2.24) is 19.2 Å². The molecule has 8 nitrogen and oxygen atoms in total. The number of benzene rings is 2. The van der Waals surface area contributed by atoms with Crippen molar-refractivity contribution in [1.29, 1.82) is 0 Å². The maximum absolute atomic E-state index is 13.5. The van der Waals surface area contributed by atoms with Gasteiger partial charge in [0.25, 0.3) is 5.91 Å². The van der Waals surface area contributed by atoms with Crippen molar-refractivity contribution in [2.75, 3.05) is 26.3 Å². The Morgan fingerprint density at radius 1 is 1.18 bits per heavy atom. The zero-order valence-electron chi connectivity index (χ0n) is 17.7. The lowest BCUT2D eigenvalue weighted by molar-refractivity contribution is 0.0730. The fraction of sp³-hybridized carbons (Fsp3) is 0.273. The summed E-state index contributed by atoms with van der Waals surface area (Å²) in [6, 6.07) is 9.00. The number of carbonyl (C=O) groups excluding carboxylic acids is 1. The van der Waals surface area contributed by atoms with Crippen LogP contribution in [-0.2, 0) is 21.8 Å². The first-order valence-electron chi connectivity index (χ1n) is 10.2. The third-order valence-electron chi connectivity index (χ3n) is 5.39. The number of aryl methyl sites for hydroxylation is 1. The number of hydrogen-bond donors (Lipinski definition) is 1. The molecular formula is C22H22ClFN4O4S. The molecule has 3 aromatic rings. The summed E-state index contributed by atoms with van der Waals surface area (Å²) in [7, 11) is -2.04. The molecule has 11 heteroatoms. The minimum atomic E-state index is -3.81. The van der Waals surface area contributed by atoms with Gasteiger partial charge in [0, 0.05) is 32.5 Å². The van der Waals surface area contributed by atoms with Gasteiger partial charge in [-0.15, -0.1) is 0 Å². The van der Waals surface area contributed by atoms with E-state index in [1.165, 1.54) is 34.6 Å². The van der Waals surface area contributed by atoms with E-state index in [4.69, 9.17) is 16.3 Å². The topological polar surface area (TPSA) is 93.5 Å². The first-order valence-corrected chi connectivity index (χ1v) is 12.0. The smallest absolute Gasteiger partial charge is 0.253 e. The van der Waals surface area contributed by atoms with Crippen molar-refractivity contribution in [2.24, 2.45) is 7.05 Å². The highest BCUT2D eigenvalue weighted by atomic mass is 35.5. The molecule has 1 amide bonds. The molecule has 0 bridgehead atoms. The van der Waals surface area contributed by atoms with Crippen LogP contribution in [0, 0.1) is 5.82 Å². The van der Waals surface area contributed by atoms with Crippen molar-refractivity contribution in [3.05, 3.63) is 82.6 Å². The monoisotopic (exact) mass is 492 g/mol. The van der Waals surface area contributed by atoms with E-state index in [0.717, 1.165) is 0 Å². The van der Waals surface area contributed by atoms with Crippen LogP contribution in [0.4, 0.5) is 4.39 Å². The maximum atomic E-state index is 13.5. The summed E-state index contributed by atoms with van der Waals surface area (Å²) >= 11 is 6.27.